The Bertz CT molecular complexity index is 1680. The maximum atomic E-state index is 13.1. The third kappa shape index (κ3) is 4.80. The van der Waals surface area contributed by atoms with Crippen LogP contribution in [0.25, 0.3) is 10.8 Å². The first-order chi connectivity index (χ1) is 16.8. The van der Waals surface area contributed by atoms with Crippen LogP contribution in [0.3, 0.4) is 0 Å². The van der Waals surface area contributed by atoms with Crippen LogP contribution in [-0.2, 0) is 20.0 Å². The summed E-state index contributed by atoms with van der Waals surface area (Å²) in [5, 5.41) is 19.9. The quantitative estimate of drug-likeness (QED) is 0.379. The van der Waals surface area contributed by atoms with E-state index < -0.39 is 26.0 Å². The molecule has 0 aliphatic heterocycles. The molecule has 0 fully saturated rings. The highest BCUT2D eigenvalue weighted by Gasteiger charge is 2.25. The number of hydrogen-bond acceptors (Lipinski definition) is 6. The largest absolute Gasteiger partial charge is 0.279 e. The molecule has 0 saturated heterocycles. The van der Waals surface area contributed by atoms with Crippen molar-refractivity contribution < 1.29 is 16.8 Å². The third-order valence-corrected chi connectivity index (χ3v) is 7.98. The Balaban J connectivity index is 1.94. The molecule has 0 atom stereocenters. The van der Waals surface area contributed by atoms with Crippen molar-refractivity contribution in [2.45, 2.75) is 15.7 Å². The van der Waals surface area contributed by atoms with E-state index in [1.165, 1.54) is 30.3 Å². The predicted molar refractivity (Wildman–Crippen MR) is 132 cm³/mol. The van der Waals surface area contributed by atoms with E-state index in [4.69, 9.17) is 0 Å². The smallest absolute Gasteiger partial charge is 0.261 e. The Labute approximate surface area is 203 Å². The predicted octanol–water partition coefficient (Wildman–Crippen LogP) is 4.57. The zero-order valence-corrected chi connectivity index (χ0v) is 19.7. The van der Waals surface area contributed by atoms with E-state index in [0.717, 1.165) is 0 Å². The summed E-state index contributed by atoms with van der Waals surface area (Å²) in [6.07, 6.45) is 0. The second-order valence-electron chi connectivity index (χ2n) is 7.46. The van der Waals surface area contributed by atoms with E-state index in [9.17, 15) is 27.4 Å². The fourth-order valence-electron chi connectivity index (χ4n) is 3.59. The van der Waals surface area contributed by atoms with Crippen molar-refractivity contribution in [2.75, 3.05) is 9.44 Å². The summed E-state index contributed by atoms with van der Waals surface area (Å²) in [5.74, 6) is -1.37. The summed E-state index contributed by atoms with van der Waals surface area (Å²) in [6, 6.07) is 26.9. The number of rotatable bonds is 7. The molecule has 0 spiro atoms. The van der Waals surface area contributed by atoms with Gasteiger partial charge in [-0.3, -0.25) is 9.44 Å². The third-order valence-electron chi connectivity index (χ3n) is 5.23. The minimum atomic E-state index is -4.08. The van der Waals surface area contributed by atoms with E-state index >= 15 is 0 Å². The first-order valence-electron chi connectivity index (χ1n) is 10.3. The van der Waals surface area contributed by atoms with Gasteiger partial charge in [0.2, 0.25) is 0 Å². The number of fused-ring (bicyclic) bond motifs is 1. The lowest BCUT2D eigenvalue weighted by Crippen LogP contribution is -2.17. The molecule has 8 nitrogen and oxygen atoms in total. The van der Waals surface area contributed by atoms with Gasteiger partial charge < -0.3 is 0 Å². The number of benzene rings is 4. The first-order valence-corrected chi connectivity index (χ1v) is 13.2. The SMILES string of the molecule is N#CC(C#N)c1cc(NS(=O)(=O)c2ccccc2)c2ccccc2c1NS(=O)(=O)c1ccccc1. The molecule has 4 aromatic rings. The topological polar surface area (TPSA) is 140 Å². The molecule has 0 unspecified atom stereocenters. The van der Waals surface area contributed by atoms with Gasteiger partial charge in [-0.1, -0.05) is 60.7 Å². The molecule has 0 bridgehead atoms. The van der Waals surface area contributed by atoms with Gasteiger partial charge in [0.15, 0.2) is 5.92 Å². The van der Waals surface area contributed by atoms with Crippen molar-refractivity contribution in [3.05, 3.63) is 96.6 Å². The Hall–Kier alpha value is -4.38. The standard InChI is InChI=1S/C25H18N4O4S2/c26-16-18(17-27)23-15-24(28-34(30,31)19-9-3-1-4-10-19)21-13-7-8-14-22(21)25(23)29-35(32,33)20-11-5-2-6-12-20/h1-15,18,28-29H. The molecule has 0 radical (unpaired) electrons. The summed E-state index contributed by atoms with van der Waals surface area (Å²) >= 11 is 0. The summed E-state index contributed by atoms with van der Waals surface area (Å²) in [4.78, 5) is 0.0194. The Morgan fingerprint density at radius 2 is 1.09 bits per heavy atom. The van der Waals surface area contributed by atoms with Crippen LogP contribution in [0.5, 0.6) is 0 Å². The fraction of sp³-hybridized carbons (Fsp3) is 0.0400. The summed E-state index contributed by atoms with van der Waals surface area (Å²) in [5.41, 5.74) is 0.164. The van der Waals surface area contributed by atoms with Crippen LogP contribution in [0.4, 0.5) is 11.4 Å². The lowest BCUT2D eigenvalue weighted by molar-refractivity contribution is 0.599. The van der Waals surface area contributed by atoms with Crippen molar-refractivity contribution >= 4 is 42.2 Å². The van der Waals surface area contributed by atoms with E-state index in [2.05, 4.69) is 9.44 Å². The minimum absolute atomic E-state index is 0.00523. The summed E-state index contributed by atoms with van der Waals surface area (Å²) in [7, 11) is -8.08. The number of nitriles is 2. The highest BCUT2D eigenvalue weighted by molar-refractivity contribution is 7.93. The van der Waals surface area contributed by atoms with E-state index in [-0.39, 0.29) is 26.7 Å². The van der Waals surface area contributed by atoms with Crippen molar-refractivity contribution in [3.8, 4) is 12.1 Å². The van der Waals surface area contributed by atoms with Crippen molar-refractivity contribution in [1.82, 2.24) is 0 Å². The van der Waals surface area contributed by atoms with Crippen LogP contribution in [0.2, 0.25) is 0 Å². The van der Waals surface area contributed by atoms with Crippen LogP contribution < -0.4 is 9.44 Å². The van der Waals surface area contributed by atoms with Crippen molar-refractivity contribution in [2.24, 2.45) is 0 Å². The Kier molecular flexibility index (Phi) is 6.43. The molecule has 0 aromatic heterocycles. The molecule has 0 saturated carbocycles. The molecule has 0 aliphatic carbocycles. The molecule has 4 rings (SSSR count). The molecule has 10 heteroatoms. The molecular formula is C25H18N4O4S2. The van der Waals surface area contributed by atoms with E-state index in [1.54, 1.807) is 60.7 Å². The number of nitrogens with one attached hydrogen (secondary N) is 2. The van der Waals surface area contributed by atoms with Crippen LogP contribution in [0, 0.1) is 22.7 Å². The van der Waals surface area contributed by atoms with Gasteiger partial charge in [-0.2, -0.15) is 10.5 Å². The van der Waals surface area contributed by atoms with Crippen molar-refractivity contribution in [3.63, 3.8) is 0 Å². The molecule has 0 amide bonds. The monoisotopic (exact) mass is 502 g/mol. The van der Waals surface area contributed by atoms with Crippen LogP contribution in [-0.4, -0.2) is 16.8 Å². The van der Waals surface area contributed by atoms with Gasteiger partial charge in [0.05, 0.1) is 33.3 Å². The molecule has 0 heterocycles. The second kappa shape index (κ2) is 9.47. The maximum absolute atomic E-state index is 13.1. The second-order valence-corrected chi connectivity index (χ2v) is 10.8. The molecule has 35 heavy (non-hydrogen) atoms. The van der Waals surface area contributed by atoms with Gasteiger partial charge in [-0.15, -0.1) is 0 Å². The highest BCUT2D eigenvalue weighted by Crippen LogP contribution is 2.39. The maximum Gasteiger partial charge on any atom is 0.261 e. The number of sulfonamides is 2. The van der Waals surface area contributed by atoms with Crippen LogP contribution >= 0.6 is 0 Å². The summed E-state index contributed by atoms with van der Waals surface area (Å²) < 4.78 is 57.3. The normalized spacial score (nSPS) is 11.5. The van der Waals surface area contributed by atoms with Gasteiger partial charge in [0.25, 0.3) is 20.0 Å². The van der Waals surface area contributed by atoms with Crippen LogP contribution in [0.15, 0.2) is 101 Å². The van der Waals surface area contributed by atoms with Gasteiger partial charge >= 0.3 is 0 Å². The number of nitrogens with zero attached hydrogens (tertiary/aromatic N) is 2. The van der Waals surface area contributed by atoms with Gasteiger partial charge in [0, 0.05) is 16.3 Å². The first kappa shape index (κ1) is 23.8. The number of hydrogen-bond donors (Lipinski definition) is 2. The van der Waals surface area contributed by atoms with Gasteiger partial charge in [0.1, 0.15) is 0 Å². The van der Waals surface area contributed by atoms with Gasteiger partial charge in [-0.05, 0) is 30.3 Å². The zero-order valence-electron chi connectivity index (χ0n) is 18.1. The highest BCUT2D eigenvalue weighted by atomic mass is 32.2. The van der Waals surface area contributed by atoms with E-state index in [0.29, 0.717) is 10.8 Å². The molecule has 2 N–H and O–H groups in total. The van der Waals surface area contributed by atoms with Crippen molar-refractivity contribution in [1.29, 1.82) is 10.5 Å². The molecule has 0 aliphatic rings. The zero-order chi connectivity index (χ0) is 25.1. The van der Waals surface area contributed by atoms with Gasteiger partial charge in [-0.25, -0.2) is 16.8 Å². The molecular weight excluding hydrogens is 484 g/mol. The average Bonchev–Trinajstić information content (AvgIpc) is 2.87. The molecule has 174 valence electrons. The fourth-order valence-corrected chi connectivity index (χ4v) is 5.81. The Morgan fingerprint density at radius 3 is 1.60 bits per heavy atom. The molecule has 4 aromatic carbocycles. The average molecular weight is 503 g/mol. The number of anilines is 2. The lowest BCUT2D eigenvalue weighted by Gasteiger charge is -2.19. The Morgan fingerprint density at radius 1 is 0.629 bits per heavy atom. The lowest BCUT2D eigenvalue weighted by atomic mass is 9.95. The van der Waals surface area contributed by atoms with Crippen LogP contribution in [0.1, 0.15) is 11.5 Å². The minimum Gasteiger partial charge on any atom is -0.279 e. The summed E-state index contributed by atoms with van der Waals surface area (Å²) in [6.45, 7) is 0. The van der Waals surface area contributed by atoms with E-state index in [1.807, 2.05) is 12.1 Å².